The Balaban J connectivity index is 1.97. The standard InChI is InChI=1S/C18H26O5/c1-14(19)22-13-17(23-18-8-3-4-9-21-18)11-15-6-5-7-16(10-15)12-20-2/h5-7,10,17-18H,3-4,8-9,11-13H2,1-2H3/t17-,18?/m0/s1. The molecule has 2 rings (SSSR count). The molecular weight excluding hydrogens is 296 g/mol. The molecule has 2 atom stereocenters. The molecule has 0 bridgehead atoms. The molecule has 1 aliphatic rings. The fourth-order valence-electron chi connectivity index (χ4n) is 2.67. The Bertz CT molecular complexity index is 482. The normalized spacial score (nSPS) is 19.3. The maximum absolute atomic E-state index is 11.1. The molecule has 0 aliphatic carbocycles. The quantitative estimate of drug-likeness (QED) is 0.689. The van der Waals surface area contributed by atoms with Gasteiger partial charge in [-0.2, -0.15) is 0 Å². The fraction of sp³-hybridized carbons (Fsp3) is 0.611. The fourth-order valence-corrected chi connectivity index (χ4v) is 2.67. The summed E-state index contributed by atoms with van der Waals surface area (Å²) in [4.78, 5) is 11.1. The SMILES string of the molecule is COCc1cccc(C[C@@H](COC(C)=O)OC2CCCCO2)c1. The molecule has 1 heterocycles. The van der Waals surface area contributed by atoms with Crippen molar-refractivity contribution in [2.75, 3.05) is 20.3 Å². The number of benzene rings is 1. The van der Waals surface area contributed by atoms with E-state index >= 15 is 0 Å². The lowest BCUT2D eigenvalue weighted by Crippen LogP contribution is -2.32. The molecule has 1 saturated heterocycles. The highest BCUT2D eigenvalue weighted by molar-refractivity contribution is 5.65. The number of hydrogen-bond donors (Lipinski definition) is 0. The third kappa shape index (κ3) is 6.69. The van der Waals surface area contributed by atoms with Gasteiger partial charge < -0.3 is 18.9 Å². The molecule has 1 unspecified atom stereocenters. The lowest BCUT2D eigenvalue weighted by atomic mass is 10.1. The van der Waals surface area contributed by atoms with Crippen LogP contribution in [0.5, 0.6) is 0 Å². The second-order valence-corrected chi connectivity index (χ2v) is 5.81. The molecule has 5 heteroatoms. The number of hydrogen-bond acceptors (Lipinski definition) is 5. The van der Waals surface area contributed by atoms with Gasteiger partial charge in [0.05, 0.1) is 12.7 Å². The zero-order valence-electron chi connectivity index (χ0n) is 14.0. The molecule has 0 N–H and O–H groups in total. The van der Waals surface area contributed by atoms with Crippen LogP contribution in [-0.4, -0.2) is 38.7 Å². The summed E-state index contributed by atoms with van der Waals surface area (Å²) in [5.41, 5.74) is 2.25. The summed E-state index contributed by atoms with van der Waals surface area (Å²) in [5, 5.41) is 0. The van der Waals surface area contributed by atoms with Crippen LogP contribution in [0, 0.1) is 0 Å². The molecular formula is C18H26O5. The Morgan fingerprint density at radius 3 is 2.87 bits per heavy atom. The van der Waals surface area contributed by atoms with Crippen LogP contribution in [-0.2, 0) is 36.8 Å². The molecule has 1 fully saturated rings. The largest absolute Gasteiger partial charge is 0.463 e. The topological polar surface area (TPSA) is 54.0 Å². The van der Waals surface area contributed by atoms with Crippen molar-refractivity contribution >= 4 is 5.97 Å². The lowest BCUT2D eigenvalue weighted by molar-refractivity contribution is -0.198. The zero-order valence-corrected chi connectivity index (χ0v) is 14.0. The van der Waals surface area contributed by atoms with Gasteiger partial charge in [-0.05, 0) is 30.4 Å². The first-order valence-electron chi connectivity index (χ1n) is 8.14. The molecule has 0 saturated carbocycles. The summed E-state index contributed by atoms with van der Waals surface area (Å²) < 4.78 is 22.0. The minimum absolute atomic E-state index is 0.202. The van der Waals surface area contributed by atoms with Crippen LogP contribution in [0.1, 0.15) is 37.3 Å². The van der Waals surface area contributed by atoms with Gasteiger partial charge in [-0.1, -0.05) is 24.3 Å². The van der Waals surface area contributed by atoms with Crippen molar-refractivity contribution in [2.24, 2.45) is 0 Å². The number of esters is 1. The van der Waals surface area contributed by atoms with Gasteiger partial charge in [-0.25, -0.2) is 0 Å². The number of methoxy groups -OCH3 is 1. The average Bonchev–Trinajstić information content (AvgIpc) is 2.54. The van der Waals surface area contributed by atoms with Gasteiger partial charge in [0, 0.05) is 27.1 Å². The van der Waals surface area contributed by atoms with E-state index < -0.39 is 0 Å². The molecule has 1 aromatic carbocycles. The van der Waals surface area contributed by atoms with Crippen LogP contribution in [0.2, 0.25) is 0 Å². The van der Waals surface area contributed by atoms with Crippen LogP contribution in [0.15, 0.2) is 24.3 Å². The van der Waals surface area contributed by atoms with Crippen molar-refractivity contribution in [3.8, 4) is 0 Å². The Morgan fingerprint density at radius 2 is 2.17 bits per heavy atom. The second-order valence-electron chi connectivity index (χ2n) is 5.81. The lowest BCUT2D eigenvalue weighted by Gasteiger charge is -2.27. The number of ether oxygens (including phenoxy) is 4. The molecule has 128 valence electrons. The highest BCUT2D eigenvalue weighted by atomic mass is 16.7. The molecule has 0 aromatic heterocycles. The van der Waals surface area contributed by atoms with Gasteiger partial charge in [0.25, 0.3) is 0 Å². The van der Waals surface area contributed by atoms with Crippen LogP contribution in [0.25, 0.3) is 0 Å². The molecule has 0 radical (unpaired) electrons. The number of carbonyl (C=O) groups excluding carboxylic acids is 1. The first-order chi connectivity index (χ1) is 11.2. The molecule has 0 spiro atoms. The molecule has 23 heavy (non-hydrogen) atoms. The van der Waals surface area contributed by atoms with Gasteiger partial charge in [0.1, 0.15) is 6.61 Å². The minimum Gasteiger partial charge on any atom is -0.463 e. The summed E-state index contributed by atoms with van der Waals surface area (Å²) >= 11 is 0. The van der Waals surface area contributed by atoms with Crippen molar-refractivity contribution in [2.45, 2.75) is 51.6 Å². The van der Waals surface area contributed by atoms with Crippen LogP contribution < -0.4 is 0 Å². The smallest absolute Gasteiger partial charge is 0.302 e. The summed E-state index contributed by atoms with van der Waals surface area (Å²) in [5.74, 6) is -0.295. The van der Waals surface area contributed by atoms with E-state index in [0.717, 1.165) is 37.0 Å². The van der Waals surface area contributed by atoms with Crippen molar-refractivity contribution in [3.05, 3.63) is 35.4 Å². The maximum atomic E-state index is 11.1. The first kappa shape index (κ1) is 17.9. The molecule has 1 aromatic rings. The van der Waals surface area contributed by atoms with Gasteiger partial charge in [0.2, 0.25) is 0 Å². The van der Waals surface area contributed by atoms with E-state index in [1.807, 2.05) is 18.2 Å². The van der Waals surface area contributed by atoms with Crippen LogP contribution >= 0.6 is 0 Å². The predicted molar refractivity (Wildman–Crippen MR) is 86.0 cm³/mol. The Labute approximate surface area is 137 Å². The van der Waals surface area contributed by atoms with Crippen LogP contribution in [0.4, 0.5) is 0 Å². The monoisotopic (exact) mass is 322 g/mol. The average molecular weight is 322 g/mol. The van der Waals surface area contributed by atoms with E-state index in [4.69, 9.17) is 18.9 Å². The second kappa shape index (κ2) is 9.65. The van der Waals surface area contributed by atoms with Crippen LogP contribution in [0.3, 0.4) is 0 Å². The van der Waals surface area contributed by atoms with Crippen molar-refractivity contribution in [1.29, 1.82) is 0 Å². The Morgan fingerprint density at radius 1 is 1.35 bits per heavy atom. The first-order valence-corrected chi connectivity index (χ1v) is 8.14. The van der Waals surface area contributed by atoms with E-state index in [0.29, 0.717) is 13.0 Å². The third-order valence-electron chi connectivity index (χ3n) is 3.72. The number of carbonyl (C=O) groups is 1. The predicted octanol–water partition coefficient (Wildman–Crippen LogP) is 2.85. The summed E-state index contributed by atoms with van der Waals surface area (Å²) in [7, 11) is 1.68. The Hall–Kier alpha value is -1.43. The van der Waals surface area contributed by atoms with E-state index in [2.05, 4.69) is 6.07 Å². The van der Waals surface area contributed by atoms with E-state index in [1.165, 1.54) is 6.92 Å². The van der Waals surface area contributed by atoms with E-state index in [-0.39, 0.29) is 25.0 Å². The number of rotatable bonds is 8. The zero-order chi connectivity index (χ0) is 16.5. The minimum atomic E-state index is -0.295. The van der Waals surface area contributed by atoms with Crippen molar-refractivity contribution < 1.29 is 23.7 Å². The van der Waals surface area contributed by atoms with Crippen molar-refractivity contribution in [3.63, 3.8) is 0 Å². The highest BCUT2D eigenvalue weighted by Gasteiger charge is 2.21. The van der Waals surface area contributed by atoms with Gasteiger partial charge in [0.15, 0.2) is 6.29 Å². The summed E-state index contributed by atoms with van der Waals surface area (Å²) in [6.07, 6.45) is 3.33. The summed E-state index contributed by atoms with van der Waals surface area (Å²) in [6, 6.07) is 8.17. The Kier molecular flexibility index (Phi) is 7.52. The summed E-state index contributed by atoms with van der Waals surface area (Å²) in [6.45, 7) is 2.96. The molecule has 5 nitrogen and oxygen atoms in total. The van der Waals surface area contributed by atoms with E-state index in [9.17, 15) is 4.79 Å². The van der Waals surface area contributed by atoms with Gasteiger partial charge in [-0.15, -0.1) is 0 Å². The van der Waals surface area contributed by atoms with Gasteiger partial charge in [-0.3, -0.25) is 4.79 Å². The van der Waals surface area contributed by atoms with Crippen molar-refractivity contribution in [1.82, 2.24) is 0 Å². The maximum Gasteiger partial charge on any atom is 0.302 e. The van der Waals surface area contributed by atoms with E-state index in [1.54, 1.807) is 7.11 Å². The molecule has 0 amide bonds. The third-order valence-corrected chi connectivity index (χ3v) is 3.72. The highest BCUT2D eigenvalue weighted by Crippen LogP contribution is 2.18. The van der Waals surface area contributed by atoms with Gasteiger partial charge >= 0.3 is 5.97 Å². The molecule has 1 aliphatic heterocycles.